The molecule has 3 N–H and O–H groups in total. The highest BCUT2D eigenvalue weighted by Crippen LogP contribution is 2.39. The Kier molecular flexibility index (Phi) is 6.34. The molecule has 188 valence electrons. The van der Waals surface area contributed by atoms with Crippen LogP contribution in [0.1, 0.15) is 23.8 Å². The molecule has 35 heavy (non-hydrogen) atoms. The predicted molar refractivity (Wildman–Crippen MR) is 117 cm³/mol. The minimum absolute atomic E-state index is 0.0341. The minimum atomic E-state index is -5.02. The van der Waals surface area contributed by atoms with E-state index in [1.54, 1.807) is 5.32 Å². The summed E-state index contributed by atoms with van der Waals surface area (Å²) in [5, 5.41) is 6.71. The van der Waals surface area contributed by atoms with Gasteiger partial charge in [0.2, 0.25) is 0 Å². The Balaban J connectivity index is 1.48. The molecule has 1 saturated heterocycles. The quantitative estimate of drug-likeness (QED) is 0.431. The Morgan fingerprint density at radius 2 is 1.97 bits per heavy atom. The predicted octanol–water partition coefficient (Wildman–Crippen LogP) is 4.44. The largest absolute Gasteiger partial charge is 0.455 e. The maximum atomic E-state index is 14.0. The van der Waals surface area contributed by atoms with Crippen LogP contribution in [0.2, 0.25) is 0 Å². The monoisotopic (exact) mass is 518 g/mol. The van der Waals surface area contributed by atoms with Gasteiger partial charge < -0.3 is 20.4 Å². The molecule has 1 aromatic carbocycles. The van der Waals surface area contributed by atoms with Crippen molar-refractivity contribution < 1.29 is 39.6 Å². The van der Waals surface area contributed by atoms with Gasteiger partial charge >= 0.3 is 12.2 Å². The highest BCUT2D eigenvalue weighted by atomic mass is 32.2. The first-order valence-electron chi connectivity index (χ1n) is 10.3. The average molecular weight is 518 g/mol. The lowest BCUT2D eigenvalue weighted by Gasteiger charge is -2.21. The van der Waals surface area contributed by atoms with Crippen LogP contribution in [-0.4, -0.2) is 43.2 Å². The van der Waals surface area contributed by atoms with E-state index in [0.717, 1.165) is 6.07 Å². The molecule has 2 aromatic heterocycles. The minimum Gasteiger partial charge on any atom is -0.455 e. The number of anilines is 2. The number of aryl methyl sites for hydroxylation is 1. The smallest absolute Gasteiger partial charge is 0.416 e. The Bertz CT molecular complexity index is 1370. The fourth-order valence-electron chi connectivity index (χ4n) is 3.80. The van der Waals surface area contributed by atoms with Crippen molar-refractivity contribution in [2.75, 3.05) is 22.1 Å². The van der Waals surface area contributed by atoms with Crippen molar-refractivity contribution in [2.45, 2.75) is 31.6 Å². The fourth-order valence-corrected chi connectivity index (χ4v) is 5.48. The highest BCUT2D eigenvalue weighted by Gasteiger charge is 2.45. The van der Waals surface area contributed by atoms with Crippen LogP contribution in [0.3, 0.4) is 0 Å². The molecule has 1 aliphatic rings. The van der Waals surface area contributed by atoms with Crippen LogP contribution in [0.5, 0.6) is 0 Å². The highest BCUT2D eigenvalue weighted by molar-refractivity contribution is 7.91. The van der Waals surface area contributed by atoms with Crippen molar-refractivity contribution in [1.29, 1.82) is 0 Å². The number of nitrogens with one attached hydrogen (secondary N) is 3. The lowest BCUT2D eigenvalue weighted by molar-refractivity contribution is -0.158. The third kappa shape index (κ3) is 5.47. The first-order valence-corrected chi connectivity index (χ1v) is 12.1. The molecule has 1 aliphatic heterocycles. The SMILES string of the molecule is Cc1c(C(NC(=O)Nc2ccc(N[C@@H]3CCS(=O)(=O)C3)nc2)C(F)(F)F)oc2c(F)cc(F)cc12. The van der Waals surface area contributed by atoms with Gasteiger partial charge in [-0.3, -0.25) is 0 Å². The van der Waals surface area contributed by atoms with Gasteiger partial charge in [0.05, 0.1) is 23.4 Å². The van der Waals surface area contributed by atoms with E-state index in [0.29, 0.717) is 18.3 Å². The number of furan rings is 1. The number of sulfone groups is 1. The maximum Gasteiger partial charge on any atom is 0.416 e. The summed E-state index contributed by atoms with van der Waals surface area (Å²) in [6.45, 7) is 1.20. The van der Waals surface area contributed by atoms with Crippen LogP contribution in [0.25, 0.3) is 11.0 Å². The molecule has 14 heteroatoms. The van der Waals surface area contributed by atoms with Crippen molar-refractivity contribution in [3.63, 3.8) is 0 Å². The van der Waals surface area contributed by atoms with E-state index in [1.165, 1.54) is 25.3 Å². The number of benzene rings is 1. The third-order valence-electron chi connectivity index (χ3n) is 5.46. The number of carbonyl (C=O) groups excluding carboxylic acids is 1. The molecule has 3 heterocycles. The number of amides is 2. The first kappa shape index (κ1) is 24.7. The summed E-state index contributed by atoms with van der Waals surface area (Å²) in [6.07, 6.45) is -3.42. The molecule has 2 atom stereocenters. The molecule has 1 unspecified atom stereocenters. The van der Waals surface area contributed by atoms with Gasteiger partial charge in [0.15, 0.2) is 27.3 Å². The van der Waals surface area contributed by atoms with E-state index < -0.39 is 51.1 Å². The number of nitrogens with zero attached hydrogens (tertiary/aromatic N) is 1. The lowest BCUT2D eigenvalue weighted by atomic mass is 10.1. The fraction of sp³-hybridized carbons (Fsp3) is 0.333. The molecule has 2 amide bonds. The van der Waals surface area contributed by atoms with E-state index in [-0.39, 0.29) is 34.2 Å². The zero-order valence-corrected chi connectivity index (χ0v) is 18.9. The lowest BCUT2D eigenvalue weighted by Crippen LogP contribution is -2.40. The number of alkyl halides is 3. The number of carbonyl (C=O) groups is 1. The molecular formula is C21H19F5N4O4S. The molecule has 4 rings (SSSR count). The summed E-state index contributed by atoms with van der Waals surface area (Å²) < 4.78 is 96.9. The molecule has 1 fully saturated rings. The van der Waals surface area contributed by atoms with Crippen LogP contribution in [0.15, 0.2) is 34.9 Å². The number of rotatable bonds is 5. The van der Waals surface area contributed by atoms with Gasteiger partial charge in [0, 0.05) is 23.1 Å². The summed E-state index contributed by atoms with van der Waals surface area (Å²) in [4.78, 5) is 16.3. The van der Waals surface area contributed by atoms with Crippen LogP contribution in [-0.2, 0) is 9.84 Å². The average Bonchev–Trinajstić information content (AvgIpc) is 3.26. The van der Waals surface area contributed by atoms with Crippen molar-refractivity contribution in [3.05, 3.63) is 53.4 Å². The van der Waals surface area contributed by atoms with Gasteiger partial charge in [0.25, 0.3) is 0 Å². The zero-order valence-electron chi connectivity index (χ0n) is 18.0. The molecule has 0 saturated carbocycles. The Morgan fingerprint density at radius 1 is 1.23 bits per heavy atom. The number of urea groups is 1. The number of halogens is 5. The van der Waals surface area contributed by atoms with Crippen molar-refractivity contribution >= 4 is 38.3 Å². The van der Waals surface area contributed by atoms with Crippen LogP contribution in [0.4, 0.5) is 38.3 Å². The number of pyridine rings is 1. The second-order valence-corrected chi connectivity index (χ2v) is 10.3. The molecule has 0 spiro atoms. The van der Waals surface area contributed by atoms with E-state index in [2.05, 4.69) is 15.6 Å². The molecule has 3 aromatic rings. The number of fused-ring (bicyclic) bond motifs is 1. The van der Waals surface area contributed by atoms with Gasteiger partial charge in [-0.2, -0.15) is 13.2 Å². The van der Waals surface area contributed by atoms with E-state index in [9.17, 15) is 35.2 Å². The standard InChI is InChI=1S/C21H19F5N4O4S/c1-10-14-6-11(22)7-15(23)18(14)34-17(10)19(21(24,25)26)30-20(31)29-12-2-3-16(27-8-12)28-13-4-5-35(32,33)9-13/h2-3,6-8,13,19H,4-5,9H2,1H3,(H,27,28)(H2,29,30,31)/t13-,19?/m1/s1. The second kappa shape index (κ2) is 8.98. The zero-order chi connectivity index (χ0) is 25.5. The number of aromatic nitrogens is 1. The van der Waals surface area contributed by atoms with Gasteiger partial charge in [-0.05, 0) is 31.5 Å². The summed E-state index contributed by atoms with van der Waals surface area (Å²) in [7, 11) is -3.10. The van der Waals surface area contributed by atoms with Gasteiger partial charge in [0.1, 0.15) is 17.4 Å². The third-order valence-corrected chi connectivity index (χ3v) is 7.23. The molecular weight excluding hydrogens is 499 g/mol. The molecule has 0 radical (unpaired) electrons. The summed E-state index contributed by atoms with van der Waals surface area (Å²) >= 11 is 0. The van der Waals surface area contributed by atoms with E-state index in [4.69, 9.17) is 4.42 Å². The van der Waals surface area contributed by atoms with Gasteiger partial charge in [-0.1, -0.05) is 0 Å². The molecule has 0 bridgehead atoms. The summed E-state index contributed by atoms with van der Waals surface area (Å²) in [5.74, 6) is -2.57. The maximum absolute atomic E-state index is 14.0. The number of hydrogen-bond donors (Lipinski definition) is 3. The van der Waals surface area contributed by atoms with Crippen molar-refractivity contribution in [2.24, 2.45) is 0 Å². The number of hydrogen-bond acceptors (Lipinski definition) is 6. The van der Waals surface area contributed by atoms with Crippen molar-refractivity contribution in [1.82, 2.24) is 10.3 Å². The van der Waals surface area contributed by atoms with Crippen LogP contribution in [0, 0.1) is 18.6 Å². The summed E-state index contributed by atoms with van der Waals surface area (Å²) in [5.41, 5.74) is -0.674. The topological polar surface area (TPSA) is 113 Å². The summed E-state index contributed by atoms with van der Waals surface area (Å²) in [6, 6.07) is -0.0780. The van der Waals surface area contributed by atoms with Gasteiger partial charge in [-0.15, -0.1) is 0 Å². The Morgan fingerprint density at radius 3 is 2.57 bits per heavy atom. The first-order chi connectivity index (χ1) is 16.3. The van der Waals surface area contributed by atoms with Crippen LogP contribution < -0.4 is 16.0 Å². The Hall–Kier alpha value is -3.42. The normalized spacial score (nSPS) is 18.4. The molecule has 0 aliphatic carbocycles. The second-order valence-electron chi connectivity index (χ2n) is 8.11. The Labute approximate surface area is 195 Å². The van der Waals surface area contributed by atoms with E-state index in [1.807, 2.05) is 0 Å². The molecule has 8 nitrogen and oxygen atoms in total. The van der Waals surface area contributed by atoms with Gasteiger partial charge in [-0.25, -0.2) is 27.0 Å². The van der Waals surface area contributed by atoms with Crippen molar-refractivity contribution in [3.8, 4) is 0 Å². The van der Waals surface area contributed by atoms with E-state index >= 15 is 0 Å². The van der Waals surface area contributed by atoms with Crippen LogP contribution >= 0.6 is 0 Å².